The zero-order chi connectivity index (χ0) is 14.5. The molecule has 1 aromatic rings. The largest absolute Gasteiger partial charge is 0.481 e. The molecule has 0 saturated heterocycles. The van der Waals surface area contributed by atoms with Crippen LogP contribution in [0.1, 0.15) is 31.7 Å². The molecule has 2 rings (SSSR count). The van der Waals surface area contributed by atoms with Crippen LogP contribution in [0.5, 0.6) is 5.75 Å². The molecular formula is C16H24N2O2. The van der Waals surface area contributed by atoms with E-state index in [0.29, 0.717) is 12.5 Å². The Morgan fingerprint density at radius 3 is 3.00 bits per heavy atom. The van der Waals surface area contributed by atoms with Crippen molar-refractivity contribution < 1.29 is 9.53 Å². The summed E-state index contributed by atoms with van der Waals surface area (Å²) in [5.74, 6) is 1.08. The van der Waals surface area contributed by atoms with Gasteiger partial charge in [-0.2, -0.15) is 0 Å². The van der Waals surface area contributed by atoms with Gasteiger partial charge in [0.25, 0.3) is 5.91 Å². The fourth-order valence-electron chi connectivity index (χ4n) is 2.76. The number of amides is 1. The first-order chi connectivity index (χ1) is 9.60. The van der Waals surface area contributed by atoms with Gasteiger partial charge in [0.05, 0.1) is 0 Å². The lowest BCUT2D eigenvalue weighted by Crippen LogP contribution is -2.45. The van der Waals surface area contributed by atoms with Crippen LogP contribution in [-0.2, 0) is 4.79 Å². The molecule has 1 aliphatic carbocycles. The molecule has 20 heavy (non-hydrogen) atoms. The number of carbonyl (C=O) groups excluding carboxylic acids is 1. The van der Waals surface area contributed by atoms with Gasteiger partial charge >= 0.3 is 0 Å². The Morgan fingerprint density at radius 2 is 2.30 bits per heavy atom. The van der Waals surface area contributed by atoms with E-state index in [2.05, 4.69) is 5.32 Å². The van der Waals surface area contributed by atoms with Crippen LogP contribution < -0.4 is 15.8 Å². The summed E-state index contributed by atoms with van der Waals surface area (Å²) in [7, 11) is 0. The minimum atomic E-state index is -0.490. The Labute approximate surface area is 120 Å². The van der Waals surface area contributed by atoms with Gasteiger partial charge in [-0.15, -0.1) is 0 Å². The summed E-state index contributed by atoms with van der Waals surface area (Å²) in [6.45, 7) is 4.42. The second-order valence-electron chi connectivity index (χ2n) is 5.62. The summed E-state index contributed by atoms with van der Waals surface area (Å²) in [5, 5.41) is 3.07. The van der Waals surface area contributed by atoms with E-state index in [1.54, 1.807) is 6.92 Å². The summed E-state index contributed by atoms with van der Waals surface area (Å²) < 4.78 is 5.69. The lowest BCUT2D eigenvalue weighted by atomic mass is 10.0. The van der Waals surface area contributed by atoms with Gasteiger partial charge in [-0.25, -0.2) is 0 Å². The van der Waals surface area contributed by atoms with E-state index in [-0.39, 0.29) is 11.9 Å². The van der Waals surface area contributed by atoms with Gasteiger partial charge in [-0.1, -0.05) is 18.6 Å². The Balaban J connectivity index is 1.89. The van der Waals surface area contributed by atoms with Crippen molar-refractivity contribution in [3.63, 3.8) is 0 Å². The number of hydrogen-bond donors (Lipinski definition) is 2. The van der Waals surface area contributed by atoms with Crippen LogP contribution in [-0.4, -0.2) is 24.6 Å². The molecular weight excluding hydrogens is 252 g/mol. The zero-order valence-corrected chi connectivity index (χ0v) is 12.3. The fourth-order valence-corrected chi connectivity index (χ4v) is 2.76. The number of hydrogen-bond acceptors (Lipinski definition) is 3. The molecule has 1 saturated carbocycles. The average Bonchev–Trinajstić information content (AvgIpc) is 2.85. The Hall–Kier alpha value is -1.55. The van der Waals surface area contributed by atoms with Crippen molar-refractivity contribution in [1.82, 2.24) is 5.32 Å². The molecule has 0 bridgehead atoms. The zero-order valence-electron chi connectivity index (χ0n) is 12.3. The second kappa shape index (κ2) is 6.75. The number of carbonyl (C=O) groups is 1. The van der Waals surface area contributed by atoms with Gasteiger partial charge in [0.15, 0.2) is 6.10 Å². The number of nitrogens with one attached hydrogen (secondary N) is 1. The predicted octanol–water partition coefficient (Wildman–Crippen LogP) is 2.01. The lowest BCUT2D eigenvalue weighted by Gasteiger charge is -2.22. The smallest absolute Gasteiger partial charge is 0.261 e. The van der Waals surface area contributed by atoms with Gasteiger partial charge < -0.3 is 15.8 Å². The summed E-state index contributed by atoms with van der Waals surface area (Å²) in [6, 6.07) is 7.94. The number of nitrogens with two attached hydrogens (primary N) is 1. The van der Waals surface area contributed by atoms with Crippen LogP contribution >= 0.6 is 0 Å². The van der Waals surface area contributed by atoms with Crippen LogP contribution in [0.15, 0.2) is 24.3 Å². The lowest BCUT2D eigenvalue weighted by molar-refractivity contribution is -0.128. The Bertz CT molecular complexity index is 462. The number of rotatable bonds is 5. The molecule has 0 aliphatic heterocycles. The van der Waals surface area contributed by atoms with E-state index in [9.17, 15) is 4.79 Å². The van der Waals surface area contributed by atoms with E-state index < -0.39 is 6.10 Å². The normalized spacial score (nSPS) is 23.4. The van der Waals surface area contributed by atoms with E-state index in [1.165, 1.54) is 0 Å². The number of benzene rings is 1. The minimum absolute atomic E-state index is 0.0585. The van der Waals surface area contributed by atoms with Crippen molar-refractivity contribution in [3.8, 4) is 5.75 Å². The molecule has 3 N–H and O–H groups in total. The molecule has 4 nitrogen and oxygen atoms in total. The first-order valence-corrected chi connectivity index (χ1v) is 7.34. The van der Waals surface area contributed by atoms with Crippen LogP contribution in [0, 0.1) is 12.8 Å². The highest BCUT2D eigenvalue weighted by Crippen LogP contribution is 2.24. The molecule has 0 spiro atoms. The molecule has 1 aromatic carbocycles. The van der Waals surface area contributed by atoms with E-state index >= 15 is 0 Å². The molecule has 4 heteroatoms. The van der Waals surface area contributed by atoms with Crippen molar-refractivity contribution in [2.45, 2.75) is 45.3 Å². The molecule has 0 aromatic heterocycles. The van der Waals surface area contributed by atoms with Crippen molar-refractivity contribution >= 4 is 5.91 Å². The van der Waals surface area contributed by atoms with E-state index in [4.69, 9.17) is 10.5 Å². The van der Waals surface area contributed by atoms with E-state index in [0.717, 1.165) is 30.6 Å². The highest BCUT2D eigenvalue weighted by molar-refractivity contribution is 5.81. The third kappa shape index (κ3) is 3.73. The van der Waals surface area contributed by atoms with Gasteiger partial charge in [-0.3, -0.25) is 4.79 Å². The van der Waals surface area contributed by atoms with Crippen LogP contribution in [0.4, 0.5) is 0 Å². The number of ether oxygens (including phenoxy) is 1. The Kier molecular flexibility index (Phi) is 5.01. The molecule has 1 fully saturated rings. The minimum Gasteiger partial charge on any atom is -0.481 e. The molecule has 1 amide bonds. The van der Waals surface area contributed by atoms with Crippen LogP contribution in [0.25, 0.3) is 0 Å². The van der Waals surface area contributed by atoms with Gasteiger partial charge in [0.1, 0.15) is 5.75 Å². The predicted molar refractivity (Wildman–Crippen MR) is 79.6 cm³/mol. The fraction of sp³-hybridized carbons (Fsp3) is 0.562. The van der Waals surface area contributed by atoms with E-state index in [1.807, 2.05) is 31.2 Å². The van der Waals surface area contributed by atoms with Gasteiger partial charge in [-0.05, 0) is 56.8 Å². The first kappa shape index (κ1) is 14.9. The molecule has 3 atom stereocenters. The maximum Gasteiger partial charge on any atom is 0.261 e. The quantitative estimate of drug-likeness (QED) is 0.864. The average molecular weight is 276 g/mol. The van der Waals surface area contributed by atoms with Crippen molar-refractivity contribution in [2.24, 2.45) is 11.7 Å². The highest BCUT2D eigenvalue weighted by atomic mass is 16.5. The third-order valence-corrected chi connectivity index (χ3v) is 3.96. The highest BCUT2D eigenvalue weighted by Gasteiger charge is 2.29. The maximum absolute atomic E-state index is 12.2. The number of aryl methyl sites for hydroxylation is 1. The van der Waals surface area contributed by atoms with Crippen molar-refractivity contribution in [1.29, 1.82) is 0 Å². The summed E-state index contributed by atoms with van der Waals surface area (Å²) in [5.41, 5.74) is 6.85. The molecule has 110 valence electrons. The molecule has 0 heterocycles. The van der Waals surface area contributed by atoms with Crippen molar-refractivity contribution in [3.05, 3.63) is 29.8 Å². The standard InChI is InChI=1S/C16H24N2O2/c1-11-5-3-7-14(9-11)20-12(2)16(19)18-15-8-4-6-13(15)10-17/h3,5,7,9,12-13,15H,4,6,8,10,17H2,1-2H3,(H,18,19). The summed E-state index contributed by atoms with van der Waals surface area (Å²) >= 11 is 0. The van der Waals surface area contributed by atoms with Gasteiger partial charge in [0, 0.05) is 6.04 Å². The van der Waals surface area contributed by atoms with Crippen LogP contribution in [0.3, 0.4) is 0 Å². The molecule has 0 radical (unpaired) electrons. The third-order valence-electron chi connectivity index (χ3n) is 3.96. The SMILES string of the molecule is Cc1cccc(OC(C)C(=O)NC2CCCC2CN)c1. The maximum atomic E-state index is 12.2. The van der Waals surface area contributed by atoms with Gasteiger partial charge in [0.2, 0.25) is 0 Å². The topological polar surface area (TPSA) is 64.3 Å². The summed E-state index contributed by atoms with van der Waals surface area (Å²) in [4.78, 5) is 12.2. The molecule has 3 unspecified atom stereocenters. The second-order valence-corrected chi connectivity index (χ2v) is 5.62. The van der Waals surface area contributed by atoms with Crippen LogP contribution in [0.2, 0.25) is 0 Å². The van der Waals surface area contributed by atoms with Crippen molar-refractivity contribution in [2.75, 3.05) is 6.54 Å². The summed E-state index contributed by atoms with van der Waals surface area (Å²) in [6.07, 6.45) is 2.77. The Morgan fingerprint density at radius 1 is 1.50 bits per heavy atom. The first-order valence-electron chi connectivity index (χ1n) is 7.34. The molecule has 1 aliphatic rings. The monoisotopic (exact) mass is 276 g/mol.